The number of rotatable bonds is 5. The topological polar surface area (TPSA) is 72.9 Å². The summed E-state index contributed by atoms with van der Waals surface area (Å²) in [5.74, 6) is 0.266. The molecule has 1 aliphatic heterocycles. The molecule has 2 aliphatic rings. The quantitative estimate of drug-likeness (QED) is 0.818. The van der Waals surface area contributed by atoms with E-state index in [4.69, 9.17) is 4.52 Å². The summed E-state index contributed by atoms with van der Waals surface area (Å²) < 4.78 is 48.6. The van der Waals surface area contributed by atoms with Gasteiger partial charge in [-0.3, -0.25) is 4.90 Å². The highest BCUT2D eigenvalue weighted by molar-refractivity contribution is 5.17. The first kappa shape index (κ1) is 16.5. The van der Waals surface area contributed by atoms with E-state index in [0.717, 1.165) is 18.5 Å². The van der Waals surface area contributed by atoms with Gasteiger partial charge in [-0.05, 0) is 26.2 Å². The van der Waals surface area contributed by atoms with Crippen molar-refractivity contribution in [1.29, 1.82) is 0 Å². The van der Waals surface area contributed by atoms with Crippen LogP contribution in [-0.2, 0) is 18.5 Å². The molecular formula is C15H19F3N6O. The van der Waals surface area contributed by atoms with E-state index in [9.17, 15) is 13.2 Å². The largest absolute Gasteiger partial charge is 0.404 e. The lowest BCUT2D eigenvalue weighted by molar-refractivity contribution is -0.193. The maximum Gasteiger partial charge on any atom is 0.404 e. The highest BCUT2D eigenvalue weighted by Crippen LogP contribution is 2.48. The minimum absolute atomic E-state index is 0.0868. The molecule has 1 unspecified atom stereocenters. The summed E-state index contributed by atoms with van der Waals surface area (Å²) in [6.45, 7) is 3.01. The average molecular weight is 356 g/mol. The number of alkyl halides is 3. The second-order valence-electron chi connectivity index (χ2n) is 6.81. The van der Waals surface area contributed by atoms with Crippen molar-refractivity contribution >= 4 is 0 Å². The Morgan fingerprint density at radius 3 is 2.84 bits per heavy atom. The van der Waals surface area contributed by atoms with Gasteiger partial charge >= 0.3 is 6.18 Å². The van der Waals surface area contributed by atoms with E-state index in [0.29, 0.717) is 25.5 Å². The van der Waals surface area contributed by atoms with Crippen LogP contribution in [0.2, 0.25) is 0 Å². The van der Waals surface area contributed by atoms with Crippen LogP contribution in [0.4, 0.5) is 13.2 Å². The lowest BCUT2D eigenvalue weighted by Gasteiger charge is -2.28. The first-order valence-electron chi connectivity index (χ1n) is 8.43. The Morgan fingerprint density at radius 2 is 2.16 bits per heavy atom. The van der Waals surface area contributed by atoms with Crippen molar-refractivity contribution in [3.05, 3.63) is 23.6 Å². The first-order chi connectivity index (χ1) is 11.9. The zero-order valence-electron chi connectivity index (χ0n) is 13.8. The van der Waals surface area contributed by atoms with Crippen LogP contribution < -0.4 is 0 Å². The predicted octanol–water partition coefficient (Wildman–Crippen LogP) is 2.26. The average Bonchev–Trinajstić information content (AvgIpc) is 3.01. The molecule has 136 valence electrons. The summed E-state index contributed by atoms with van der Waals surface area (Å²) in [6, 6.07) is 0. The molecule has 2 fully saturated rings. The first-order valence-corrected chi connectivity index (χ1v) is 8.43. The highest BCUT2D eigenvalue weighted by Gasteiger charge is 2.62. The van der Waals surface area contributed by atoms with Crippen molar-refractivity contribution in [2.24, 2.45) is 0 Å². The number of likely N-dealkylation sites (tertiary alicyclic amines) is 1. The number of hydrogen-bond donors (Lipinski definition) is 0. The van der Waals surface area contributed by atoms with E-state index in [1.807, 2.05) is 6.92 Å². The maximum atomic E-state index is 13.9. The van der Waals surface area contributed by atoms with Crippen molar-refractivity contribution in [2.45, 2.75) is 56.8 Å². The summed E-state index contributed by atoms with van der Waals surface area (Å²) in [7, 11) is 0. The molecule has 2 aromatic rings. The predicted molar refractivity (Wildman–Crippen MR) is 79.6 cm³/mol. The maximum absolute atomic E-state index is 13.9. The number of halogens is 3. The normalized spacial score (nSPS) is 25.0. The highest BCUT2D eigenvalue weighted by atomic mass is 19.4. The molecule has 0 aromatic carbocycles. The van der Waals surface area contributed by atoms with Gasteiger partial charge in [0.2, 0.25) is 5.89 Å². The molecule has 25 heavy (non-hydrogen) atoms. The molecule has 0 spiro atoms. The van der Waals surface area contributed by atoms with Crippen molar-refractivity contribution in [1.82, 2.24) is 30.0 Å². The Morgan fingerprint density at radius 1 is 1.36 bits per heavy atom. The summed E-state index contributed by atoms with van der Waals surface area (Å²) in [5.41, 5.74) is -1.30. The van der Waals surface area contributed by atoms with Gasteiger partial charge in [0, 0.05) is 32.1 Å². The van der Waals surface area contributed by atoms with Gasteiger partial charge in [-0.15, -0.1) is 5.10 Å². The molecule has 1 saturated carbocycles. The SMILES string of the molecule is CCn1nncc1CN1CCC(c2nc(C3CC3)no2)(C(F)(F)F)C1. The molecule has 10 heteroatoms. The summed E-state index contributed by atoms with van der Waals surface area (Å²) >= 11 is 0. The Kier molecular flexibility index (Phi) is 3.82. The third-order valence-electron chi connectivity index (χ3n) is 5.07. The summed E-state index contributed by atoms with van der Waals surface area (Å²) in [5, 5.41) is 11.5. The molecule has 0 radical (unpaired) electrons. The van der Waals surface area contributed by atoms with E-state index in [1.165, 1.54) is 0 Å². The van der Waals surface area contributed by atoms with Gasteiger partial charge in [0.05, 0.1) is 11.9 Å². The van der Waals surface area contributed by atoms with E-state index in [1.54, 1.807) is 15.8 Å². The third kappa shape index (κ3) is 2.82. The van der Waals surface area contributed by atoms with E-state index in [-0.39, 0.29) is 24.8 Å². The Labute approximate surface area is 142 Å². The number of aryl methyl sites for hydroxylation is 1. The van der Waals surface area contributed by atoms with Crippen LogP contribution in [0.5, 0.6) is 0 Å². The Balaban J connectivity index is 1.58. The standard InChI is InChI=1S/C15H19F3N6O/c1-2-24-11(7-19-22-24)8-23-6-5-14(9-23,15(16,17)18)13-20-12(21-25-13)10-3-4-10/h7,10H,2-6,8-9H2,1H3. The fraction of sp³-hybridized carbons (Fsp3) is 0.733. The van der Waals surface area contributed by atoms with Crippen LogP contribution in [0.25, 0.3) is 0 Å². The van der Waals surface area contributed by atoms with Crippen LogP contribution in [0.1, 0.15) is 49.5 Å². The lowest BCUT2D eigenvalue weighted by atomic mass is 9.86. The van der Waals surface area contributed by atoms with Gasteiger partial charge < -0.3 is 4.52 Å². The monoisotopic (exact) mass is 356 g/mol. The Bertz CT molecular complexity index is 753. The molecule has 7 nitrogen and oxygen atoms in total. The molecule has 1 atom stereocenters. The van der Waals surface area contributed by atoms with Gasteiger partial charge in [-0.25, -0.2) is 4.68 Å². The van der Waals surface area contributed by atoms with Crippen LogP contribution in [-0.4, -0.2) is 49.3 Å². The van der Waals surface area contributed by atoms with E-state index >= 15 is 0 Å². The minimum Gasteiger partial charge on any atom is -0.338 e. The third-order valence-corrected chi connectivity index (χ3v) is 5.07. The molecule has 4 rings (SSSR count). The van der Waals surface area contributed by atoms with E-state index in [2.05, 4.69) is 20.5 Å². The van der Waals surface area contributed by atoms with Gasteiger partial charge in [-0.2, -0.15) is 18.2 Å². The van der Waals surface area contributed by atoms with Crippen LogP contribution >= 0.6 is 0 Å². The molecule has 1 saturated heterocycles. The van der Waals surface area contributed by atoms with Gasteiger partial charge in [0.1, 0.15) is 0 Å². The van der Waals surface area contributed by atoms with Gasteiger partial charge in [0.15, 0.2) is 11.2 Å². The molecule has 0 N–H and O–H groups in total. The second-order valence-corrected chi connectivity index (χ2v) is 6.81. The molecule has 0 bridgehead atoms. The molecule has 3 heterocycles. The Hall–Kier alpha value is -1.97. The van der Waals surface area contributed by atoms with Crippen molar-refractivity contribution < 1.29 is 17.7 Å². The number of nitrogens with zero attached hydrogens (tertiary/aromatic N) is 6. The molecule has 0 amide bonds. The fourth-order valence-corrected chi connectivity index (χ4v) is 3.38. The van der Waals surface area contributed by atoms with Crippen molar-refractivity contribution in [2.75, 3.05) is 13.1 Å². The minimum atomic E-state index is -4.45. The zero-order valence-corrected chi connectivity index (χ0v) is 13.8. The summed E-state index contributed by atoms with van der Waals surface area (Å²) in [6.07, 6.45) is -1.11. The van der Waals surface area contributed by atoms with Crippen molar-refractivity contribution in [3.8, 4) is 0 Å². The van der Waals surface area contributed by atoms with Crippen molar-refractivity contribution in [3.63, 3.8) is 0 Å². The van der Waals surface area contributed by atoms with Gasteiger partial charge in [-0.1, -0.05) is 10.4 Å². The van der Waals surface area contributed by atoms with Crippen LogP contribution in [0.3, 0.4) is 0 Å². The number of aromatic nitrogens is 5. The summed E-state index contributed by atoms with van der Waals surface area (Å²) in [4.78, 5) is 5.85. The number of hydrogen-bond acceptors (Lipinski definition) is 6. The van der Waals surface area contributed by atoms with E-state index < -0.39 is 11.6 Å². The zero-order chi connectivity index (χ0) is 17.7. The second kappa shape index (κ2) is 5.79. The fourth-order valence-electron chi connectivity index (χ4n) is 3.38. The lowest BCUT2D eigenvalue weighted by Crippen LogP contribution is -2.45. The molecular weight excluding hydrogens is 337 g/mol. The van der Waals surface area contributed by atoms with Crippen LogP contribution in [0, 0.1) is 0 Å². The molecule has 1 aliphatic carbocycles. The van der Waals surface area contributed by atoms with Gasteiger partial charge in [0.25, 0.3) is 0 Å². The smallest absolute Gasteiger partial charge is 0.338 e. The molecule has 2 aromatic heterocycles. The van der Waals surface area contributed by atoms with Crippen LogP contribution in [0.15, 0.2) is 10.7 Å².